The first-order chi connectivity index (χ1) is 11.7. The van der Waals surface area contributed by atoms with Crippen LogP contribution in [0.4, 0.5) is 0 Å². The van der Waals surface area contributed by atoms with E-state index in [1.807, 2.05) is 25.2 Å². The molecule has 1 N–H and O–H groups in total. The van der Waals surface area contributed by atoms with Gasteiger partial charge in [0.15, 0.2) is 0 Å². The molecule has 5 nitrogen and oxygen atoms in total. The van der Waals surface area contributed by atoms with E-state index >= 15 is 0 Å². The molecule has 0 spiro atoms. The Bertz CT molecular complexity index is 673. The van der Waals surface area contributed by atoms with Crippen molar-refractivity contribution in [1.29, 1.82) is 0 Å². The molecule has 0 aliphatic carbocycles. The summed E-state index contributed by atoms with van der Waals surface area (Å²) >= 11 is 0. The molecule has 3 rings (SSSR count). The van der Waals surface area contributed by atoms with Crippen molar-refractivity contribution in [2.24, 2.45) is 7.05 Å². The van der Waals surface area contributed by atoms with E-state index in [2.05, 4.69) is 40.7 Å². The fourth-order valence-electron chi connectivity index (χ4n) is 3.58. The lowest BCUT2D eigenvalue weighted by molar-refractivity contribution is -0.133. The van der Waals surface area contributed by atoms with Gasteiger partial charge in [0.25, 0.3) is 0 Å². The summed E-state index contributed by atoms with van der Waals surface area (Å²) in [7, 11) is 3.71. The van der Waals surface area contributed by atoms with Crippen LogP contribution in [-0.2, 0) is 11.8 Å². The van der Waals surface area contributed by atoms with Crippen LogP contribution in [0.15, 0.2) is 42.7 Å². The molecule has 6 heteroatoms. The van der Waals surface area contributed by atoms with Gasteiger partial charge in [-0.2, -0.15) is 5.10 Å². The van der Waals surface area contributed by atoms with E-state index in [4.69, 9.17) is 0 Å². The van der Waals surface area contributed by atoms with Gasteiger partial charge in [-0.1, -0.05) is 30.3 Å². The molecule has 2 heterocycles. The largest absolute Gasteiger partial charge is 0.341 e. The molecule has 1 aliphatic rings. The first kappa shape index (κ1) is 19.5. The highest BCUT2D eigenvalue weighted by molar-refractivity contribution is 5.85. The number of aryl methyl sites for hydroxylation is 1. The van der Waals surface area contributed by atoms with Crippen LogP contribution in [0, 0.1) is 0 Å². The monoisotopic (exact) mass is 362 g/mol. The molecule has 0 bridgehead atoms. The van der Waals surface area contributed by atoms with Crippen molar-refractivity contribution in [3.05, 3.63) is 53.9 Å². The van der Waals surface area contributed by atoms with Gasteiger partial charge >= 0.3 is 0 Å². The summed E-state index contributed by atoms with van der Waals surface area (Å²) < 4.78 is 1.74. The molecule has 2 aromatic rings. The second kappa shape index (κ2) is 9.02. The standard InChI is InChI=1S/C19H26N4O.ClH/c1-20-18(17-13-21-22(2)14-17)19(24)23-11-6-9-16(10-12-23)15-7-4-3-5-8-15;/h3-5,7-8,13-14,16,18,20H,6,9-12H2,1-2H3;1H. The maximum Gasteiger partial charge on any atom is 0.244 e. The molecule has 1 fully saturated rings. The summed E-state index contributed by atoms with van der Waals surface area (Å²) in [5.41, 5.74) is 2.32. The third-order valence-corrected chi connectivity index (χ3v) is 4.90. The minimum Gasteiger partial charge on any atom is -0.341 e. The summed E-state index contributed by atoms with van der Waals surface area (Å²) in [6.07, 6.45) is 6.90. The SMILES string of the molecule is CNC(C(=O)N1CCCC(c2ccccc2)CC1)c1cnn(C)c1.Cl. The number of amides is 1. The molecule has 0 saturated carbocycles. The number of likely N-dealkylation sites (tertiary alicyclic amines) is 1. The van der Waals surface area contributed by atoms with Crippen LogP contribution in [-0.4, -0.2) is 40.7 Å². The van der Waals surface area contributed by atoms with Crippen LogP contribution < -0.4 is 5.32 Å². The van der Waals surface area contributed by atoms with Gasteiger partial charge in [0, 0.05) is 31.9 Å². The van der Waals surface area contributed by atoms with Gasteiger partial charge in [-0.3, -0.25) is 9.48 Å². The summed E-state index contributed by atoms with van der Waals surface area (Å²) in [5.74, 6) is 0.703. The summed E-state index contributed by atoms with van der Waals surface area (Å²) in [5, 5.41) is 7.34. The van der Waals surface area contributed by atoms with Gasteiger partial charge in [0.1, 0.15) is 6.04 Å². The zero-order chi connectivity index (χ0) is 16.9. The Hall–Kier alpha value is -1.85. The average molecular weight is 363 g/mol. The number of carbonyl (C=O) groups is 1. The molecule has 1 aromatic heterocycles. The average Bonchev–Trinajstić information content (AvgIpc) is 2.88. The van der Waals surface area contributed by atoms with E-state index < -0.39 is 0 Å². The molecule has 1 aliphatic heterocycles. The Balaban J connectivity index is 0.00000225. The van der Waals surface area contributed by atoms with E-state index in [0.29, 0.717) is 5.92 Å². The highest BCUT2D eigenvalue weighted by Crippen LogP contribution is 2.28. The topological polar surface area (TPSA) is 50.2 Å². The van der Waals surface area contributed by atoms with Crippen LogP contribution in [0.25, 0.3) is 0 Å². The lowest BCUT2D eigenvalue weighted by Gasteiger charge is -2.25. The van der Waals surface area contributed by atoms with Crippen LogP contribution in [0.1, 0.15) is 42.3 Å². The third-order valence-electron chi connectivity index (χ3n) is 4.90. The highest BCUT2D eigenvalue weighted by atomic mass is 35.5. The van der Waals surface area contributed by atoms with Crippen LogP contribution in [0.5, 0.6) is 0 Å². The molecular formula is C19H27ClN4O. The van der Waals surface area contributed by atoms with Crippen molar-refractivity contribution in [1.82, 2.24) is 20.0 Å². The number of rotatable bonds is 4. The number of nitrogens with zero attached hydrogens (tertiary/aromatic N) is 3. The summed E-state index contributed by atoms with van der Waals surface area (Å²) in [6, 6.07) is 10.3. The lowest BCUT2D eigenvalue weighted by Crippen LogP contribution is -2.40. The zero-order valence-electron chi connectivity index (χ0n) is 14.9. The number of aromatic nitrogens is 2. The van der Waals surface area contributed by atoms with Crippen LogP contribution in [0.2, 0.25) is 0 Å². The summed E-state index contributed by atoms with van der Waals surface area (Å²) in [6.45, 7) is 1.65. The van der Waals surface area contributed by atoms with Gasteiger partial charge in [-0.15, -0.1) is 12.4 Å². The predicted octanol–water partition coefficient (Wildman–Crippen LogP) is 2.90. The van der Waals surface area contributed by atoms with Crippen LogP contribution >= 0.6 is 12.4 Å². The number of nitrogens with one attached hydrogen (secondary N) is 1. The van der Waals surface area contributed by atoms with Crippen molar-refractivity contribution in [2.45, 2.75) is 31.2 Å². The molecule has 0 radical (unpaired) electrons. The van der Waals surface area contributed by atoms with E-state index in [1.54, 1.807) is 10.9 Å². The van der Waals surface area contributed by atoms with Gasteiger partial charge in [0.05, 0.1) is 6.20 Å². The molecule has 1 amide bonds. The minimum atomic E-state index is -0.313. The number of benzene rings is 1. The number of carbonyl (C=O) groups excluding carboxylic acids is 1. The van der Waals surface area contributed by atoms with E-state index in [1.165, 1.54) is 5.56 Å². The first-order valence-electron chi connectivity index (χ1n) is 8.68. The third kappa shape index (κ3) is 4.61. The molecule has 2 unspecified atom stereocenters. The van der Waals surface area contributed by atoms with Gasteiger partial charge in [-0.05, 0) is 37.8 Å². The van der Waals surface area contributed by atoms with Gasteiger partial charge < -0.3 is 10.2 Å². The zero-order valence-corrected chi connectivity index (χ0v) is 15.7. The maximum atomic E-state index is 13.0. The number of likely N-dealkylation sites (N-methyl/N-ethyl adjacent to an activating group) is 1. The lowest BCUT2D eigenvalue weighted by atomic mass is 9.92. The summed E-state index contributed by atoms with van der Waals surface area (Å²) in [4.78, 5) is 15.0. The number of hydrogen-bond donors (Lipinski definition) is 1. The fourth-order valence-corrected chi connectivity index (χ4v) is 3.58. The number of hydrogen-bond acceptors (Lipinski definition) is 3. The van der Waals surface area contributed by atoms with Gasteiger partial charge in [0.2, 0.25) is 5.91 Å². The molecule has 1 saturated heterocycles. The fraction of sp³-hybridized carbons (Fsp3) is 0.474. The Morgan fingerprint density at radius 3 is 2.64 bits per heavy atom. The normalized spacial score (nSPS) is 19.0. The second-order valence-corrected chi connectivity index (χ2v) is 6.53. The first-order valence-corrected chi connectivity index (χ1v) is 8.68. The Kier molecular flexibility index (Phi) is 7.02. The van der Waals surface area contributed by atoms with E-state index in [0.717, 1.165) is 37.9 Å². The quantitative estimate of drug-likeness (QED) is 0.909. The van der Waals surface area contributed by atoms with Crippen molar-refractivity contribution in [3.63, 3.8) is 0 Å². The van der Waals surface area contributed by atoms with E-state index in [9.17, 15) is 4.79 Å². The molecule has 1 aromatic carbocycles. The Morgan fingerprint density at radius 2 is 2.00 bits per heavy atom. The van der Waals surface area contributed by atoms with Gasteiger partial charge in [-0.25, -0.2) is 0 Å². The van der Waals surface area contributed by atoms with Crippen molar-refractivity contribution >= 4 is 18.3 Å². The van der Waals surface area contributed by atoms with Crippen molar-refractivity contribution in [3.8, 4) is 0 Å². The molecule has 2 atom stereocenters. The highest BCUT2D eigenvalue weighted by Gasteiger charge is 2.28. The van der Waals surface area contributed by atoms with Crippen molar-refractivity contribution < 1.29 is 4.79 Å². The Labute approximate surface area is 155 Å². The minimum absolute atomic E-state index is 0. The maximum absolute atomic E-state index is 13.0. The van der Waals surface area contributed by atoms with E-state index in [-0.39, 0.29) is 24.4 Å². The van der Waals surface area contributed by atoms with Crippen LogP contribution in [0.3, 0.4) is 0 Å². The second-order valence-electron chi connectivity index (χ2n) is 6.53. The molecule has 25 heavy (non-hydrogen) atoms. The number of halogens is 1. The smallest absolute Gasteiger partial charge is 0.244 e. The Morgan fingerprint density at radius 1 is 1.24 bits per heavy atom. The molecular weight excluding hydrogens is 336 g/mol. The predicted molar refractivity (Wildman–Crippen MR) is 102 cm³/mol. The molecule has 136 valence electrons. The van der Waals surface area contributed by atoms with Crippen molar-refractivity contribution in [2.75, 3.05) is 20.1 Å².